The van der Waals surface area contributed by atoms with Crippen molar-refractivity contribution in [3.05, 3.63) is 83.7 Å². The first-order valence-corrected chi connectivity index (χ1v) is 13.8. The third-order valence-electron chi connectivity index (χ3n) is 6.83. The molecule has 0 unspecified atom stereocenters. The summed E-state index contributed by atoms with van der Waals surface area (Å²) in [6.07, 6.45) is -3.91. The number of carbonyl (C=O) groups excluding carboxylic acids is 1. The lowest BCUT2D eigenvalue weighted by molar-refractivity contribution is -0.137. The summed E-state index contributed by atoms with van der Waals surface area (Å²) in [7, 11) is -3.01. The van der Waals surface area contributed by atoms with Crippen LogP contribution in [0.4, 0.5) is 28.9 Å². The lowest BCUT2D eigenvalue weighted by Crippen LogP contribution is -2.38. The van der Waals surface area contributed by atoms with Gasteiger partial charge in [0.1, 0.15) is 16.5 Å². The summed E-state index contributed by atoms with van der Waals surface area (Å²) in [5.74, 6) is -0.503. The highest BCUT2D eigenvalue weighted by Gasteiger charge is 2.38. The van der Waals surface area contributed by atoms with E-state index in [9.17, 15) is 30.8 Å². The number of anilines is 2. The lowest BCUT2D eigenvalue weighted by Gasteiger charge is -2.35. The van der Waals surface area contributed by atoms with Crippen LogP contribution in [0.15, 0.2) is 71.6 Å². The summed E-state index contributed by atoms with van der Waals surface area (Å²) in [6.45, 7) is 1.91. The predicted molar refractivity (Wildman–Crippen MR) is 140 cm³/mol. The Morgan fingerprint density at radius 2 is 1.67 bits per heavy atom. The Morgan fingerprint density at radius 1 is 1.03 bits per heavy atom. The van der Waals surface area contributed by atoms with Crippen LogP contribution in [-0.2, 0) is 16.2 Å². The average molecular weight is 565 g/mol. The smallest absolute Gasteiger partial charge is 0.418 e. The number of ether oxygens (including phenoxy) is 1. The molecule has 39 heavy (non-hydrogen) atoms. The number of nitrogens with zero attached hydrogens (tertiary/aromatic N) is 2. The average Bonchev–Trinajstić information content (AvgIpc) is 2.93. The predicted octanol–water partition coefficient (Wildman–Crippen LogP) is 6.17. The second-order valence-electron chi connectivity index (χ2n) is 9.15. The van der Waals surface area contributed by atoms with Gasteiger partial charge in [0, 0.05) is 37.2 Å². The fourth-order valence-corrected chi connectivity index (χ4v) is 6.53. The summed E-state index contributed by atoms with van der Waals surface area (Å²) in [6, 6.07) is 14.2. The normalized spacial score (nSPS) is 14.8. The van der Waals surface area contributed by atoms with Crippen LogP contribution in [0.5, 0.6) is 5.75 Å². The first-order chi connectivity index (χ1) is 18.5. The molecule has 0 aliphatic carbocycles. The molecule has 0 radical (unpaired) electrons. The van der Waals surface area contributed by atoms with E-state index >= 15 is 0 Å². The fraction of sp³-hybridized carbons (Fsp3) is 0.321. The van der Waals surface area contributed by atoms with E-state index in [1.165, 1.54) is 62.6 Å². The highest BCUT2D eigenvalue weighted by molar-refractivity contribution is 7.93. The molecule has 1 fully saturated rings. The Bertz CT molecular complexity index is 1430. The molecule has 1 heterocycles. The van der Waals surface area contributed by atoms with Crippen LogP contribution in [-0.4, -0.2) is 40.9 Å². The van der Waals surface area contributed by atoms with Crippen LogP contribution in [0.1, 0.15) is 35.7 Å². The van der Waals surface area contributed by atoms with E-state index in [1.54, 1.807) is 11.0 Å². The number of benzene rings is 3. The molecule has 0 spiro atoms. The first kappa shape index (κ1) is 28.4. The van der Waals surface area contributed by atoms with Gasteiger partial charge in [-0.15, -0.1) is 0 Å². The minimum absolute atomic E-state index is 0.117. The molecule has 3 aromatic rings. The van der Waals surface area contributed by atoms with Crippen LogP contribution < -0.4 is 13.9 Å². The minimum Gasteiger partial charge on any atom is -0.497 e. The van der Waals surface area contributed by atoms with Gasteiger partial charge in [0.2, 0.25) is 0 Å². The number of alkyl halides is 3. The minimum atomic E-state index is -4.75. The number of halogens is 4. The molecule has 0 amide bonds. The van der Waals surface area contributed by atoms with Crippen LogP contribution in [0, 0.1) is 11.7 Å². The van der Waals surface area contributed by atoms with E-state index in [4.69, 9.17) is 4.74 Å². The molecule has 11 heteroatoms. The second kappa shape index (κ2) is 11.3. The maximum Gasteiger partial charge on any atom is 0.418 e. The van der Waals surface area contributed by atoms with Crippen molar-refractivity contribution in [2.45, 2.75) is 30.8 Å². The molecular weight excluding hydrogens is 536 g/mol. The van der Waals surface area contributed by atoms with Crippen LogP contribution in [0.3, 0.4) is 0 Å². The zero-order valence-corrected chi connectivity index (χ0v) is 22.2. The van der Waals surface area contributed by atoms with Gasteiger partial charge in [-0.25, -0.2) is 12.8 Å². The molecule has 0 saturated carbocycles. The number of para-hydroxylation sites is 1. The van der Waals surface area contributed by atoms with Crippen LogP contribution in [0.25, 0.3) is 0 Å². The lowest BCUT2D eigenvalue weighted by atomic mass is 9.88. The van der Waals surface area contributed by atoms with E-state index in [0.29, 0.717) is 37.2 Å². The third kappa shape index (κ3) is 5.88. The zero-order chi connectivity index (χ0) is 28.4. The summed E-state index contributed by atoms with van der Waals surface area (Å²) < 4.78 is 88.4. The number of ketones is 1. The fourth-order valence-electron chi connectivity index (χ4n) is 4.84. The van der Waals surface area contributed by atoms with Crippen LogP contribution >= 0.6 is 0 Å². The summed E-state index contributed by atoms with van der Waals surface area (Å²) >= 11 is 0. The van der Waals surface area contributed by atoms with Crippen molar-refractivity contribution in [1.29, 1.82) is 0 Å². The number of rotatable bonds is 8. The van der Waals surface area contributed by atoms with Gasteiger partial charge in [-0.1, -0.05) is 12.1 Å². The molecule has 1 aliphatic rings. The molecule has 1 aliphatic heterocycles. The van der Waals surface area contributed by atoms with E-state index < -0.39 is 33.3 Å². The van der Waals surface area contributed by atoms with Crippen LogP contribution in [0.2, 0.25) is 0 Å². The monoisotopic (exact) mass is 564 g/mol. The van der Waals surface area contributed by atoms with Gasteiger partial charge in [0.15, 0.2) is 5.78 Å². The van der Waals surface area contributed by atoms with Gasteiger partial charge in [-0.2, -0.15) is 13.2 Å². The molecule has 208 valence electrons. The van der Waals surface area contributed by atoms with Gasteiger partial charge in [0.25, 0.3) is 10.0 Å². The molecule has 4 rings (SSSR count). The molecule has 0 aromatic heterocycles. The Labute approximate surface area is 224 Å². The quantitative estimate of drug-likeness (QED) is 0.242. The molecule has 3 aromatic carbocycles. The largest absolute Gasteiger partial charge is 0.497 e. The number of Topliss-reactive ketones (excluding diaryl/α,β-unsaturated/α-hetero) is 1. The Kier molecular flexibility index (Phi) is 8.20. The zero-order valence-electron chi connectivity index (χ0n) is 21.4. The van der Waals surface area contributed by atoms with E-state index in [2.05, 4.69) is 0 Å². The first-order valence-electron chi connectivity index (χ1n) is 12.4. The number of carbonyl (C=O) groups is 1. The van der Waals surface area contributed by atoms with Gasteiger partial charge in [-0.05, 0) is 68.3 Å². The molecule has 0 N–H and O–H groups in total. The summed E-state index contributed by atoms with van der Waals surface area (Å²) in [5.41, 5.74) is -0.824. The maximum absolute atomic E-state index is 13.9. The highest BCUT2D eigenvalue weighted by Crippen LogP contribution is 2.40. The number of hydrogen-bond acceptors (Lipinski definition) is 5. The van der Waals surface area contributed by atoms with Crippen molar-refractivity contribution in [2.75, 3.05) is 35.9 Å². The van der Waals surface area contributed by atoms with E-state index in [0.717, 1.165) is 16.4 Å². The third-order valence-corrected chi connectivity index (χ3v) is 8.77. The highest BCUT2D eigenvalue weighted by atomic mass is 32.2. The Hall–Kier alpha value is -3.60. The molecule has 0 bridgehead atoms. The topological polar surface area (TPSA) is 66.9 Å². The number of sulfonamides is 1. The molecule has 1 saturated heterocycles. The second-order valence-corrected chi connectivity index (χ2v) is 11.0. The number of hydrogen-bond donors (Lipinski definition) is 0. The summed E-state index contributed by atoms with van der Waals surface area (Å²) in [5, 5.41) is 0. The standard InChI is InChI=1S/C28H28F4N2O4S/c1-3-34(24-7-5-4-6-23(24)28(30,31)32)39(36,37)26-13-12-22(38-2)18-25(26)33-16-14-20(15-17-33)27(35)19-8-10-21(29)11-9-19/h4-13,18,20H,3,14-17H2,1-2H3. The van der Waals surface area contributed by atoms with Crippen molar-refractivity contribution in [3.63, 3.8) is 0 Å². The van der Waals surface area contributed by atoms with Gasteiger partial charge >= 0.3 is 6.18 Å². The number of methoxy groups -OCH3 is 1. The maximum atomic E-state index is 13.9. The van der Waals surface area contributed by atoms with Crippen molar-refractivity contribution in [3.8, 4) is 5.75 Å². The SMILES string of the molecule is CCN(c1ccccc1C(F)(F)F)S(=O)(=O)c1ccc(OC)cc1N1CCC(C(=O)c2ccc(F)cc2)CC1. The van der Waals surface area contributed by atoms with E-state index in [1.807, 2.05) is 0 Å². The van der Waals surface area contributed by atoms with Crippen molar-refractivity contribution < 1.29 is 35.5 Å². The molecule has 6 nitrogen and oxygen atoms in total. The van der Waals surface area contributed by atoms with Crippen molar-refractivity contribution in [2.24, 2.45) is 5.92 Å². The summed E-state index contributed by atoms with van der Waals surface area (Å²) in [4.78, 5) is 14.6. The number of piperidine rings is 1. The van der Waals surface area contributed by atoms with Crippen molar-refractivity contribution in [1.82, 2.24) is 0 Å². The molecule has 0 atom stereocenters. The van der Waals surface area contributed by atoms with Gasteiger partial charge in [0.05, 0.1) is 24.0 Å². The van der Waals surface area contributed by atoms with Gasteiger partial charge in [-0.3, -0.25) is 9.10 Å². The van der Waals surface area contributed by atoms with Crippen molar-refractivity contribution >= 4 is 27.2 Å². The van der Waals surface area contributed by atoms with Gasteiger partial charge < -0.3 is 9.64 Å². The Morgan fingerprint density at radius 3 is 2.26 bits per heavy atom. The van der Waals surface area contributed by atoms with E-state index in [-0.39, 0.29) is 28.8 Å². The Balaban J connectivity index is 1.66. The molecular formula is C28H28F4N2O4S.